The Bertz CT molecular complexity index is 2260. The van der Waals surface area contributed by atoms with E-state index in [-0.39, 0.29) is 49.0 Å². The molecule has 2 aliphatic heterocycles. The number of amides is 2. The molecule has 4 atom stereocenters. The Hall–Kier alpha value is -5.74. The van der Waals surface area contributed by atoms with Crippen molar-refractivity contribution in [1.82, 2.24) is 29.8 Å². The van der Waals surface area contributed by atoms with Gasteiger partial charge in [0, 0.05) is 47.2 Å². The number of benzene rings is 2. The standard InChI is InChI=1S/C37H33N7O7S/c1-48-28-19-49-33-29(20-50-32(28)33)51-25-9-7-21(8-10-25)34-40-16-27(43-35(46)30-17-41-36(52-30)22-5-3-2-4-6-22)37(47)44(34)18-31(45)39-15-24-13-23-14-38-12-11-26(23)42-24/h2-14,16-17,28-29,32-33,42H,15,18-20H2,1H3,(H,39,45)(H,43,46)/t28-,29-,32-,33-/m1/s1. The molecule has 0 bridgehead atoms. The van der Waals surface area contributed by atoms with E-state index < -0.39 is 17.4 Å². The number of carbonyl (C=O) groups is 2. The first-order chi connectivity index (χ1) is 25.4. The van der Waals surface area contributed by atoms with E-state index in [9.17, 15) is 14.4 Å². The number of nitrogens with one attached hydrogen (secondary N) is 3. The minimum Gasteiger partial charge on any atom is -0.485 e. The monoisotopic (exact) mass is 719 g/mol. The van der Waals surface area contributed by atoms with Gasteiger partial charge >= 0.3 is 0 Å². The number of hydrogen-bond donors (Lipinski definition) is 3. The summed E-state index contributed by atoms with van der Waals surface area (Å²) in [5, 5.41) is 7.12. The van der Waals surface area contributed by atoms with E-state index in [1.165, 1.54) is 28.3 Å². The molecule has 0 spiro atoms. The van der Waals surface area contributed by atoms with Crippen molar-refractivity contribution in [2.75, 3.05) is 25.6 Å². The minimum atomic E-state index is -0.599. The zero-order chi connectivity index (χ0) is 35.6. The van der Waals surface area contributed by atoms with Gasteiger partial charge in [0.15, 0.2) is 6.10 Å². The van der Waals surface area contributed by atoms with Crippen LogP contribution in [0.3, 0.4) is 0 Å². The Morgan fingerprint density at radius 1 is 0.962 bits per heavy atom. The second-order valence-electron chi connectivity index (χ2n) is 12.3. The molecule has 0 aliphatic carbocycles. The first kappa shape index (κ1) is 33.4. The Balaban J connectivity index is 1.03. The number of hydrogen-bond acceptors (Lipinski definition) is 11. The molecule has 6 aromatic rings. The van der Waals surface area contributed by atoms with Crippen LogP contribution in [0.15, 0.2) is 96.3 Å². The predicted molar refractivity (Wildman–Crippen MR) is 192 cm³/mol. The van der Waals surface area contributed by atoms with Crippen LogP contribution in [0.5, 0.6) is 5.75 Å². The SMILES string of the molecule is CO[C@@H]1CO[C@H]2[C@@H]1OC[C@H]2Oc1ccc(-c2ncc(NC(=O)c3cnc(-c4ccccc4)s3)c(=O)n2CC(=O)NCc2cc3cnccc3[nH]2)cc1. The summed E-state index contributed by atoms with van der Waals surface area (Å²) in [7, 11) is 1.63. The lowest BCUT2D eigenvalue weighted by Crippen LogP contribution is -2.35. The van der Waals surface area contributed by atoms with Crippen molar-refractivity contribution in [2.45, 2.75) is 37.5 Å². The van der Waals surface area contributed by atoms with Gasteiger partial charge in [-0.15, -0.1) is 11.3 Å². The molecule has 2 aliphatic rings. The number of rotatable bonds is 11. The van der Waals surface area contributed by atoms with Gasteiger partial charge in [0.25, 0.3) is 11.5 Å². The third-order valence-electron chi connectivity index (χ3n) is 8.97. The molecule has 14 nitrogen and oxygen atoms in total. The topological polar surface area (TPSA) is 172 Å². The first-order valence-electron chi connectivity index (χ1n) is 16.6. The van der Waals surface area contributed by atoms with Crippen LogP contribution in [-0.4, -0.2) is 81.1 Å². The molecule has 2 amide bonds. The molecule has 15 heteroatoms. The smallest absolute Gasteiger partial charge is 0.278 e. The zero-order valence-corrected chi connectivity index (χ0v) is 28.7. The van der Waals surface area contributed by atoms with Crippen molar-refractivity contribution in [3.8, 4) is 27.7 Å². The van der Waals surface area contributed by atoms with Crippen LogP contribution >= 0.6 is 11.3 Å². The molecule has 0 saturated carbocycles. The minimum absolute atomic E-state index is 0.0824. The maximum atomic E-state index is 14.0. The van der Waals surface area contributed by atoms with E-state index in [1.54, 1.807) is 43.8 Å². The van der Waals surface area contributed by atoms with E-state index in [2.05, 4.69) is 30.6 Å². The summed E-state index contributed by atoms with van der Waals surface area (Å²) in [6, 6.07) is 20.3. The lowest BCUT2D eigenvalue weighted by atomic mass is 10.1. The molecule has 3 N–H and O–H groups in total. The lowest BCUT2D eigenvalue weighted by Gasteiger charge is -2.18. The molecule has 2 fully saturated rings. The van der Waals surface area contributed by atoms with Gasteiger partial charge in [-0.05, 0) is 36.4 Å². The van der Waals surface area contributed by atoms with E-state index in [4.69, 9.17) is 18.9 Å². The molecule has 52 heavy (non-hydrogen) atoms. The van der Waals surface area contributed by atoms with Gasteiger partial charge in [-0.2, -0.15) is 0 Å². The van der Waals surface area contributed by atoms with Crippen LogP contribution in [0.2, 0.25) is 0 Å². The Morgan fingerprint density at radius 2 is 1.75 bits per heavy atom. The second-order valence-corrected chi connectivity index (χ2v) is 13.4. The van der Waals surface area contributed by atoms with Crippen LogP contribution in [-0.2, 0) is 32.1 Å². The van der Waals surface area contributed by atoms with Gasteiger partial charge in [0.2, 0.25) is 5.91 Å². The molecule has 2 aromatic carbocycles. The van der Waals surface area contributed by atoms with Crippen molar-refractivity contribution in [1.29, 1.82) is 0 Å². The fourth-order valence-corrected chi connectivity index (χ4v) is 7.16. The maximum Gasteiger partial charge on any atom is 0.278 e. The fourth-order valence-electron chi connectivity index (χ4n) is 6.34. The Morgan fingerprint density at radius 3 is 2.54 bits per heavy atom. The van der Waals surface area contributed by atoms with Gasteiger partial charge in [-0.25, -0.2) is 9.97 Å². The number of aromatic nitrogens is 5. The van der Waals surface area contributed by atoms with Gasteiger partial charge in [0.1, 0.15) is 52.0 Å². The van der Waals surface area contributed by atoms with Crippen molar-refractivity contribution < 1.29 is 28.5 Å². The summed E-state index contributed by atoms with van der Waals surface area (Å²) < 4.78 is 24.7. The van der Waals surface area contributed by atoms with E-state index in [0.717, 1.165) is 22.2 Å². The van der Waals surface area contributed by atoms with Crippen LogP contribution in [0.4, 0.5) is 5.69 Å². The van der Waals surface area contributed by atoms with E-state index in [0.29, 0.717) is 34.4 Å². The van der Waals surface area contributed by atoms with Crippen molar-refractivity contribution in [2.24, 2.45) is 0 Å². The van der Waals surface area contributed by atoms with Crippen LogP contribution in [0, 0.1) is 0 Å². The number of ether oxygens (including phenoxy) is 4. The molecule has 4 aromatic heterocycles. The Labute approximate surface area is 300 Å². The van der Waals surface area contributed by atoms with Crippen LogP contribution in [0.1, 0.15) is 15.4 Å². The van der Waals surface area contributed by atoms with Gasteiger partial charge in [-0.3, -0.25) is 23.9 Å². The van der Waals surface area contributed by atoms with Crippen LogP contribution in [0.25, 0.3) is 32.9 Å². The highest BCUT2D eigenvalue weighted by atomic mass is 32.1. The average Bonchev–Trinajstić information content (AvgIpc) is 3.98. The molecule has 264 valence electrons. The highest BCUT2D eigenvalue weighted by Gasteiger charge is 2.49. The van der Waals surface area contributed by atoms with Crippen LogP contribution < -0.4 is 20.9 Å². The third-order valence-corrected chi connectivity index (χ3v) is 10.0. The summed E-state index contributed by atoms with van der Waals surface area (Å²) >= 11 is 1.20. The summed E-state index contributed by atoms with van der Waals surface area (Å²) in [6.45, 7) is 0.648. The highest BCUT2D eigenvalue weighted by molar-refractivity contribution is 7.17. The molecule has 2 saturated heterocycles. The molecule has 0 radical (unpaired) electrons. The quantitative estimate of drug-likeness (QED) is 0.178. The number of fused-ring (bicyclic) bond motifs is 2. The third kappa shape index (κ3) is 6.81. The number of thiazole rings is 1. The van der Waals surface area contributed by atoms with Crippen molar-refractivity contribution >= 4 is 39.7 Å². The molecule has 8 rings (SSSR count). The van der Waals surface area contributed by atoms with E-state index in [1.807, 2.05) is 42.5 Å². The van der Waals surface area contributed by atoms with Crippen molar-refractivity contribution in [3.05, 3.63) is 112 Å². The van der Waals surface area contributed by atoms with Gasteiger partial charge in [0.05, 0.1) is 32.2 Å². The summed E-state index contributed by atoms with van der Waals surface area (Å²) in [5.41, 5.74) is 2.42. The van der Waals surface area contributed by atoms with Crippen molar-refractivity contribution in [3.63, 3.8) is 0 Å². The van der Waals surface area contributed by atoms with Gasteiger partial charge in [-0.1, -0.05) is 30.3 Å². The highest BCUT2D eigenvalue weighted by Crippen LogP contribution is 2.32. The number of nitrogens with zero attached hydrogens (tertiary/aromatic N) is 4. The molecular formula is C37H33N7O7S. The normalized spacial score (nSPS) is 19.4. The summed E-state index contributed by atoms with van der Waals surface area (Å²) in [5.74, 6) is -0.136. The number of aromatic amines is 1. The first-order valence-corrected chi connectivity index (χ1v) is 17.4. The number of pyridine rings is 1. The van der Waals surface area contributed by atoms with E-state index >= 15 is 0 Å². The average molecular weight is 720 g/mol. The van der Waals surface area contributed by atoms with Gasteiger partial charge < -0.3 is 34.6 Å². The number of methoxy groups -OCH3 is 1. The lowest BCUT2D eigenvalue weighted by molar-refractivity contribution is -0.121. The number of anilines is 1. The fraction of sp³-hybridized carbons (Fsp3) is 0.243. The summed E-state index contributed by atoms with van der Waals surface area (Å²) in [6.07, 6.45) is 5.30. The molecule has 6 heterocycles. The zero-order valence-electron chi connectivity index (χ0n) is 27.9. The number of carbonyl (C=O) groups excluding carboxylic acids is 2. The second kappa shape index (κ2) is 14.5. The number of H-pyrrole nitrogens is 1. The summed E-state index contributed by atoms with van der Waals surface area (Å²) in [4.78, 5) is 57.2. The Kier molecular flexibility index (Phi) is 9.30. The largest absolute Gasteiger partial charge is 0.485 e. The predicted octanol–water partition coefficient (Wildman–Crippen LogP) is 4.04. The maximum absolute atomic E-state index is 14.0. The molecular weight excluding hydrogens is 687 g/mol. The molecule has 0 unspecified atom stereocenters.